The largest absolute Gasteiger partial charge is 0.462 e. The Bertz CT molecular complexity index is 464. The molecule has 0 aliphatic carbocycles. The van der Waals surface area contributed by atoms with Crippen molar-refractivity contribution < 1.29 is 23.1 Å². The molecule has 0 bridgehead atoms. The summed E-state index contributed by atoms with van der Waals surface area (Å²) in [6.07, 6.45) is 1.48. The summed E-state index contributed by atoms with van der Waals surface area (Å²) in [4.78, 5) is 15.6. The molecule has 1 aromatic rings. The highest BCUT2D eigenvalue weighted by atomic mass is 31.2. The lowest BCUT2D eigenvalue weighted by Gasteiger charge is -2.16. The van der Waals surface area contributed by atoms with Gasteiger partial charge < -0.3 is 13.8 Å². The average molecular weight is 301 g/mol. The maximum absolute atomic E-state index is 12.3. The Labute approximate surface area is 119 Å². The highest BCUT2D eigenvalue weighted by Crippen LogP contribution is 2.50. The summed E-state index contributed by atoms with van der Waals surface area (Å²) < 4.78 is 27.6. The van der Waals surface area contributed by atoms with E-state index in [1.165, 1.54) is 6.20 Å². The van der Waals surface area contributed by atoms with Gasteiger partial charge in [-0.25, -0.2) is 4.79 Å². The lowest BCUT2D eigenvalue weighted by atomic mass is 10.2. The van der Waals surface area contributed by atoms with Gasteiger partial charge in [0.1, 0.15) is 0 Å². The van der Waals surface area contributed by atoms with E-state index >= 15 is 0 Å². The van der Waals surface area contributed by atoms with Crippen molar-refractivity contribution in [2.75, 3.05) is 19.8 Å². The zero-order valence-corrected chi connectivity index (χ0v) is 12.9. The Kier molecular flexibility index (Phi) is 6.85. The molecule has 7 heteroatoms. The van der Waals surface area contributed by atoms with Gasteiger partial charge in [0.25, 0.3) is 0 Å². The molecule has 0 saturated carbocycles. The van der Waals surface area contributed by atoms with Crippen LogP contribution in [0.25, 0.3) is 0 Å². The molecule has 1 heterocycles. The maximum atomic E-state index is 12.3. The van der Waals surface area contributed by atoms with Crippen LogP contribution in [0.3, 0.4) is 0 Å². The third kappa shape index (κ3) is 5.04. The number of esters is 1. The summed E-state index contributed by atoms with van der Waals surface area (Å²) in [5.41, 5.74) is 0.904. The van der Waals surface area contributed by atoms with Gasteiger partial charge in [0.05, 0.1) is 37.2 Å². The molecule has 0 radical (unpaired) electrons. The van der Waals surface area contributed by atoms with Crippen LogP contribution in [-0.2, 0) is 24.5 Å². The second kappa shape index (κ2) is 8.15. The quantitative estimate of drug-likeness (QED) is 0.542. The first-order valence-corrected chi connectivity index (χ1v) is 8.27. The number of ether oxygens (including phenoxy) is 1. The molecule has 0 saturated heterocycles. The number of pyridine rings is 1. The second-order valence-corrected chi connectivity index (χ2v) is 5.92. The van der Waals surface area contributed by atoms with Crippen molar-refractivity contribution in [2.45, 2.75) is 26.9 Å². The lowest BCUT2D eigenvalue weighted by molar-refractivity contribution is 0.0526. The van der Waals surface area contributed by atoms with E-state index in [4.69, 9.17) is 13.8 Å². The fourth-order valence-corrected chi connectivity index (χ4v) is 3.20. The number of carbonyl (C=O) groups is 1. The summed E-state index contributed by atoms with van der Waals surface area (Å²) in [5.74, 6) is -0.427. The minimum atomic E-state index is -3.17. The number of hydrogen-bond acceptors (Lipinski definition) is 6. The van der Waals surface area contributed by atoms with Crippen LogP contribution in [0.5, 0.6) is 0 Å². The molecule has 0 aliphatic rings. The Hall–Kier alpha value is -1.23. The topological polar surface area (TPSA) is 74.7 Å². The van der Waals surface area contributed by atoms with E-state index in [2.05, 4.69) is 4.98 Å². The molecule has 0 spiro atoms. The van der Waals surface area contributed by atoms with Crippen LogP contribution in [0.1, 0.15) is 36.8 Å². The van der Waals surface area contributed by atoms with Crippen molar-refractivity contribution in [3.63, 3.8) is 0 Å². The summed E-state index contributed by atoms with van der Waals surface area (Å²) in [7, 11) is -3.17. The minimum Gasteiger partial charge on any atom is -0.462 e. The molecule has 1 rings (SSSR count). The number of aromatic nitrogens is 1. The number of rotatable bonds is 8. The molecule has 0 N–H and O–H groups in total. The van der Waals surface area contributed by atoms with E-state index in [-0.39, 0.29) is 6.16 Å². The smallest absolute Gasteiger partial charge is 0.339 e. The number of hydrogen-bond donors (Lipinski definition) is 0. The van der Waals surface area contributed by atoms with E-state index in [1.54, 1.807) is 32.9 Å². The summed E-state index contributed by atoms with van der Waals surface area (Å²) in [6.45, 7) is 6.16. The van der Waals surface area contributed by atoms with E-state index in [0.29, 0.717) is 31.1 Å². The number of nitrogens with zero attached hydrogens (tertiary/aromatic N) is 1. The van der Waals surface area contributed by atoms with Gasteiger partial charge in [-0.05, 0) is 32.9 Å². The molecule has 0 aliphatic heterocycles. The summed E-state index contributed by atoms with van der Waals surface area (Å²) >= 11 is 0. The van der Waals surface area contributed by atoms with E-state index < -0.39 is 13.6 Å². The van der Waals surface area contributed by atoms with Gasteiger partial charge in [0, 0.05) is 6.20 Å². The minimum absolute atomic E-state index is 0.0811. The van der Waals surface area contributed by atoms with Crippen molar-refractivity contribution in [2.24, 2.45) is 0 Å². The zero-order chi connectivity index (χ0) is 15.0. The molecule has 0 unspecified atom stereocenters. The van der Waals surface area contributed by atoms with Gasteiger partial charge >= 0.3 is 13.6 Å². The van der Waals surface area contributed by atoms with E-state index in [0.717, 1.165) is 0 Å². The summed E-state index contributed by atoms with van der Waals surface area (Å²) in [5, 5.41) is 0. The van der Waals surface area contributed by atoms with E-state index in [9.17, 15) is 9.36 Å². The predicted molar refractivity (Wildman–Crippen MR) is 74.8 cm³/mol. The predicted octanol–water partition coefficient (Wildman–Crippen LogP) is 3.02. The molecule has 20 heavy (non-hydrogen) atoms. The molecular weight excluding hydrogens is 281 g/mol. The van der Waals surface area contributed by atoms with Crippen LogP contribution < -0.4 is 0 Å². The van der Waals surface area contributed by atoms with Gasteiger partial charge in [-0.1, -0.05) is 0 Å². The fraction of sp³-hybridized carbons (Fsp3) is 0.538. The second-order valence-electron chi connectivity index (χ2n) is 3.86. The lowest BCUT2D eigenvalue weighted by Crippen LogP contribution is -2.06. The van der Waals surface area contributed by atoms with Gasteiger partial charge in [-0.2, -0.15) is 0 Å². The number of carbonyl (C=O) groups excluding carboxylic acids is 1. The maximum Gasteiger partial charge on any atom is 0.339 e. The van der Waals surface area contributed by atoms with Gasteiger partial charge in [-0.15, -0.1) is 0 Å². The van der Waals surface area contributed by atoms with Gasteiger partial charge in [0.2, 0.25) is 0 Å². The van der Waals surface area contributed by atoms with Crippen LogP contribution in [0.2, 0.25) is 0 Å². The molecular formula is C13H20NO5P. The highest BCUT2D eigenvalue weighted by Gasteiger charge is 2.24. The first-order valence-electron chi connectivity index (χ1n) is 6.54. The zero-order valence-electron chi connectivity index (χ0n) is 12.0. The van der Waals surface area contributed by atoms with Crippen LogP contribution >= 0.6 is 7.60 Å². The van der Waals surface area contributed by atoms with Crippen molar-refractivity contribution in [1.82, 2.24) is 4.98 Å². The van der Waals surface area contributed by atoms with E-state index in [1.807, 2.05) is 0 Å². The van der Waals surface area contributed by atoms with Crippen molar-refractivity contribution in [3.8, 4) is 0 Å². The normalized spacial score (nSPS) is 11.3. The van der Waals surface area contributed by atoms with Crippen LogP contribution in [0, 0.1) is 0 Å². The molecule has 112 valence electrons. The first-order chi connectivity index (χ1) is 9.54. The first kappa shape index (κ1) is 16.8. The fourth-order valence-electron chi connectivity index (χ4n) is 1.57. The third-order valence-electron chi connectivity index (χ3n) is 2.34. The standard InChI is InChI=1S/C13H20NO5P/c1-4-17-13(15)11-7-8-12(14-9-11)10-20(16,18-5-2)19-6-3/h7-9H,4-6,10H2,1-3H3. The molecule has 6 nitrogen and oxygen atoms in total. The summed E-state index contributed by atoms with van der Waals surface area (Å²) in [6, 6.07) is 3.21. The van der Waals surface area contributed by atoms with Crippen LogP contribution in [0.4, 0.5) is 0 Å². The van der Waals surface area contributed by atoms with Crippen LogP contribution in [-0.4, -0.2) is 30.8 Å². The Balaban J connectivity index is 2.77. The van der Waals surface area contributed by atoms with Crippen LogP contribution in [0.15, 0.2) is 18.3 Å². The Morgan fingerprint density at radius 1 is 1.15 bits per heavy atom. The van der Waals surface area contributed by atoms with Crippen molar-refractivity contribution >= 4 is 13.6 Å². The molecule has 0 fully saturated rings. The molecule has 0 atom stereocenters. The van der Waals surface area contributed by atoms with Crippen molar-refractivity contribution in [3.05, 3.63) is 29.6 Å². The third-order valence-corrected chi connectivity index (χ3v) is 4.36. The molecule has 0 amide bonds. The monoisotopic (exact) mass is 301 g/mol. The molecule has 1 aromatic heterocycles. The average Bonchev–Trinajstić information content (AvgIpc) is 2.40. The Morgan fingerprint density at radius 2 is 1.80 bits per heavy atom. The Morgan fingerprint density at radius 3 is 2.25 bits per heavy atom. The van der Waals surface area contributed by atoms with Gasteiger partial charge in [-0.3, -0.25) is 9.55 Å². The van der Waals surface area contributed by atoms with Gasteiger partial charge in [0.15, 0.2) is 0 Å². The SMILES string of the molecule is CCOC(=O)c1ccc(CP(=O)(OCC)OCC)nc1. The van der Waals surface area contributed by atoms with Crippen molar-refractivity contribution in [1.29, 1.82) is 0 Å². The molecule has 0 aromatic carbocycles. The highest BCUT2D eigenvalue weighted by molar-refractivity contribution is 7.53.